The number of hydrogen-bond acceptors (Lipinski definition) is 26. The summed E-state index contributed by atoms with van der Waals surface area (Å²) in [6.07, 6.45) is 4.89. The Morgan fingerprint density at radius 2 is 0.625 bits per heavy atom. The molecule has 0 radical (unpaired) electrons. The number of benzene rings is 2. The van der Waals surface area contributed by atoms with Gasteiger partial charge in [0, 0.05) is 63.3 Å². The van der Waals surface area contributed by atoms with Crippen molar-refractivity contribution < 1.29 is 144 Å². The number of ether oxygens (including phenoxy) is 14. The second-order valence-electron chi connectivity index (χ2n) is 23.3. The van der Waals surface area contributed by atoms with Crippen LogP contribution in [0.1, 0.15) is 88.2 Å². The Kier molecular flexibility index (Phi) is 43.6. The molecule has 0 saturated carbocycles. The molecule has 6 fully saturated rings. The van der Waals surface area contributed by atoms with E-state index in [0.29, 0.717) is 92.1 Å². The zero-order chi connectivity index (χ0) is 76.6. The largest absolute Gasteiger partial charge is 0.480 e. The summed E-state index contributed by atoms with van der Waals surface area (Å²) >= 11 is 0. The molecular formula is C68H98N6O30. The van der Waals surface area contributed by atoms with Crippen molar-refractivity contribution in [3.05, 3.63) is 94.3 Å². The van der Waals surface area contributed by atoms with Crippen molar-refractivity contribution in [1.82, 2.24) is 31.9 Å². The maximum atomic E-state index is 11.9. The third-order valence-electron chi connectivity index (χ3n) is 16.0. The summed E-state index contributed by atoms with van der Waals surface area (Å²) in [5.41, 5.74) is 3.39. The topological polar surface area (TPSA) is 487 Å². The molecule has 0 aromatic heterocycles. The number of alkyl carbamates (subject to hydrolysis) is 6. The molecule has 6 amide bonds. The summed E-state index contributed by atoms with van der Waals surface area (Å²) < 4.78 is 68.4. The standard InChI is InChI=1S/2C16H19NO5.4C9H15NO5/c2*1-20-15(18)14(13-8-5-9-21-11-13)17-16(19)22-10-12-6-3-2-4-7-12;4*1-14-9(13)10-7(8(11)12)6-3-2-4-15-5-6/h2*2-4,6-7H,5,8-11H2,1H3,(H,17,19);4*6-7H,2-5H2,1H3,(H,10,13)(H,11,12)/b14-13+;14-13-;;;;/t;;2*6-,7+;2*6-,7-/m..1010/s1. The van der Waals surface area contributed by atoms with Crippen LogP contribution in [0.2, 0.25) is 0 Å². The summed E-state index contributed by atoms with van der Waals surface area (Å²) in [6, 6.07) is 14.9. The van der Waals surface area contributed by atoms with Crippen LogP contribution < -0.4 is 31.9 Å². The normalized spacial score (nSPS) is 20.2. The number of carbonyl (C=O) groups excluding carboxylic acids is 8. The predicted molar refractivity (Wildman–Crippen MR) is 360 cm³/mol. The van der Waals surface area contributed by atoms with Gasteiger partial charge in [-0.3, -0.25) is 10.6 Å². The second-order valence-corrected chi connectivity index (χ2v) is 23.3. The van der Waals surface area contributed by atoms with Crippen molar-refractivity contribution in [2.45, 2.75) is 114 Å². The van der Waals surface area contributed by atoms with Crippen LogP contribution in [0.5, 0.6) is 0 Å². The van der Waals surface area contributed by atoms with Crippen molar-refractivity contribution in [3.63, 3.8) is 0 Å². The van der Waals surface area contributed by atoms with Gasteiger partial charge in [-0.2, -0.15) is 0 Å². The number of carboxylic acid groups (broad SMARTS) is 4. The Hall–Kier alpha value is -9.88. The van der Waals surface area contributed by atoms with Gasteiger partial charge in [0.15, 0.2) is 0 Å². The molecule has 10 N–H and O–H groups in total. The highest BCUT2D eigenvalue weighted by atomic mass is 16.6. The van der Waals surface area contributed by atoms with Crippen LogP contribution in [0.4, 0.5) is 28.8 Å². The number of carbonyl (C=O) groups is 12. The van der Waals surface area contributed by atoms with Crippen LogP contribution in [0, 0.1) is 23.7 Å². The van der Waals surface area contributed by atoms with Crippen molar-refractivity contribution >= 4 is 72.4 Å². The monoisotopic (exact) mass is 1480 g/mol. The first-order valence-corrected chi connectivity index (χ1v) is 33.3. The number of hydrogen-bond donors (Lipinski definition) is 10. The average molecular weight is 1480 g/mol. The third kappa shape index (κ3) is 34.9. The highest BCUT2D eigenvalue weighted by Gasteiger charge is 2.35. The number of methoxy groups -OCH3 is 6. The molecule has 6 heterocycles. The van der Waals surface area contributed by atoms with Gasteiger partial charge in [0.2, 0.25) is 0 Å². The molecule has 8 atom stereocenters. The Morgan fingerprint density at radius 1 is 0.365 bits per heavy atom. The molecule has 0 bridgehead atoms. The Labute approximate surface area is 601 Å². The number of rotatable bonds is 20. The van der Waals surface area contributed by atoms with E-state index in [9.17, 15) is 57.5 Å². The smallest absolute Gasteiger partial charge is 0.412 e. The van der Waals surface area contributed by atoms with E-state index in [-0.39, 0.29) is 48.3 Å². The zero-order valence-corrected chi connectivity index (χ0v) is 59.2. The average Bonchev–Trinajstić information content (AvgIpc) is 0.992. The van der Waals surface area contributed by atoms with E-state index in [1.54, 1.807) is 0 Å². The summed E-state index contributed by atoms with van der Waals surface area (Å²) in [5, 5.41) is 49.9. The summed E-state index contributed by atoms with van der Waals surface area (Å²) in [4.78, 5) is 135. The van der Waals surface area contributed by atoms with Gasteiger partial charge in [0.05, 0.1) is 82.3 Å². The molecule has 2 aromatic rings. The summed E-state index contributed by atoms with van der Waals surface area (Å²) in [6.45, 7) is 6.24. The van der Waals surface area contributed by atoms with Crippen LogP contribution in [0.15, 0.2) is 83.2 Å². The third-order valence-corrected chi connectivity index (χ3v) is 16.0. The fourth-order valence-corrected chi connectivity index (χ4v) is 10.6. The van der Waals surface area contributed by atoms with Crippen LogP contribution in [0.25, 0.3) is 0 Å². The van der Waals surface area contributed by atoms with Gasteiger partial charge in [-0.15, -0.1) is 0 Å². The van der Waals surface area contributed by atoms with Gasteiger partial charge < -0.3 is 108 Å². The van der Waals surface area contributed by atoms with E-state index in [4.69, 9.17) is 67.8 Å². The van der Waals surface area contributed by atoms with Crippen LogP contribution >= 0.6 is 0 Å². The SMILES string of the molecule is COC(=O)/C(NC(=O)OCc1ccccc1)=C1/CCCOC1.COC(=O)/C(NC(=O)OCc1ccccc1)=C1\CCCOC1.COC(=O)N[C@@H](C(=O)O)[C@@H]1CCCOC1.COC(=O)N[C@@H](C(=O)O)[C@H]1CCCOC1.COC(=O)N[C@H](C(=O)O)[C@@H]1CCCOC1.COC(=O)N[C@H](C(=O)O)[C@H]1CCCOC1. The molecule has 36 nitrogen and oxygen atoms in total. The lowest BCUT2D eigenvalue weighted by molar-refractivity contribution is -0.143. The predicted octanol–water partition coefficient (Wildman–Crippen LogP) is 5.19. The maximum absolute atomic E-state index is 11.9. The lowest BCUT2D eigenvalue weighted by Crippen LogP contribution is -2.48. The first kappa shape index (κ1) is 88.3. The molecule has 6 saturated heterocycles. The van der Waals surface area contributed by atoms with Gasteiger partial charge in [0.25, 0.3) is 0 Å². The lowest BCUT2D eigenvalue weighted by Gasteiger charge is -2.27. The van der Waals surface area contributed by atoms with Gasteiger partial charge in [-0.05, 0) is 99.3 Å². The molecule has 6 aliphatic heterocycles. The summed E-state index contributed by atoms with van der Waals surface area (Å²) in [5.74, 6) is -6.18. The van der Waals surface area contributed by atoms with Crippen molar-refractivity contribution in [2.75, 3.05) is 122 Å². The molecule has 0 spiro atoms. The molecule has 580 valence electrons. The summed E-state index contributed by atoms with van der Waals surface area (Å²) in [7, 11) is 7.33. The quantitative estimate of drug-likeness (QED) is 0.0463. The Morgan fingerprint density at radius 3 is 0.827 bits per heavy atom. The van der Waals surface area contributed by atoms with Crippen molar-refractivity contribution in [3.8, 4) is 0 Å². The molecule has 36 heteroatoms. The highest BCUT2D eigenvalue weighted by Crippen LogP contribution is 2.23. The van der Waals surface area contributed by atoms with E-state index < -0.39 is 96.5 Å². The lowest BCUT2D eigenvalue weighted by atomic mass is 9.94. The molecule has 6 aliphatic rings. The Bertz CT molecular complexity index is 2740. The number of nitrogens with one attached hydrogen (secondary N) is 6. The first-order valence-electron chi connectivity index (χ1n) is 33.3. The second kappa shape index (κ2) is 51.3. The highest BCUT2D eigenvalue weighted by molar-refractivity contribution is 5.94. The zero-order valence-electron chi connectivity index (χ0n) is 59.2. The van der Waals surface area contributed by atoms with Crippen LogP contribution in [0.3, 0.4) is 0 Å². The van der Waals surface area contributed by atoms with E-state index in [1.807, 2.05) is 60.7 Å². The fourth-order valence-electron chi connectivity index (χ4n) is 10.6. The van der Waals surface area contributed by atoms with Gasteiger partial charge in [-0.1, -0.05) is 60.7 Å². The van der Waals surface area contributed by atoms with Gasteiger partial charge in [-0.25, -0.2) is 57.5 Å². The first-order chi connectivity index (χ1) is 50.0. The van der Waals surface area contributed by atoms with Crippen molar-refractivity contribution in [1.29, 1.82) is 0 Å². The molecular weight excluding hydrogens is 1380 g/mol. The molecule has 0 unspecified atom stereocenters. The van der Waals surface area contributed by atoms with Crippen LogP contribution in [-0.2, 0) is 108 Å². The number of aliphatic carboxylic acids is 4. The Balaban J connectivity index is 0.000000327. The van der Waals surface area contributed by atoms with Crippen molar-refractivity contribution in [2.24, 2.45) is 23.7 Å². The minimum Gasteiger partial charge on any atom is -0.480 e. The van der Waals surface area contributed by atoms with E-state index in [2.05, 4.69) is 50.8 Å². The van der Waals surface area contributed by atoms with E-state index in [1.165, 1.54) is 42.7 Å². The molecule has 0 aliphatic carbocycles. The van der Waals surface area contributed by atoms with Crippen LogP contribution in [-0.4, -0.2) is 239 Å². The number of esters is 2. The maximum Gasteiger partial charge on any atom is 0.412 e. The number of carboxylic acids is 4. The van der Waals surface area contributed by atoms with Gasteiger partial charge >= 0.3 is 72.4 Å². The van der Waals surface area contributed by atoms with Gasteiger partial charge in [0.1, 0.15) is 48.8 Å². The minimum absolute atomic E-state index is 0.111. The molecule has 104 heavy (non-hydrogen) atoms. The molecule has 8 rings (SSSR count). The number of amides is 6. The van der Waals surface area contributed by atoms with E-state index >= 15 is 0 Å². The minimum atomic E-state index is -1.06. The molecule has 2 aromatic carbocycles. The fraction of sp³-hybridized carbons (Fsp3) is 0.588. The van der Waals surface area contributed by atoms with E-state index in [0.717, 1.165) is 86.5 Å².